The maximum absolute atomic E-state index is 8.43. The van der Waals surface area contributed by atoms with Crippen LogP contribution in [0.15, 0.2) is 11.0 Å². The van der Waals surface area contributed by atoms with E-state index in [1.807, 2.05) is 12.3 Å². The van der Waals surface area contributed by atoms with Crippen LogP contribution in [0.3, 0.4) is 0 Å². The van der Waals surface area contributed by atoms with E-state index in [1.54, 1.807) is 12.1 Å². The van der Waals surface area contributed by atoms with Crippen molar-refractivity contribution >= 4 is 17.4 Å². The van der Waals surface area contributed by atoms with Crippen molar-refractivity contribution in [2.75, 3.05) is 0 Å². The summed E-state index contributed by atoms with van der Waals surface area (Å²) in [6.45, 7) is 1.87. The Morgan fingerprint density at radius 2 is 2.25 bits per heavy atom. The number of hydrogen-bond acceptors (Lipinski definition) is 4. The minimum absolute atomic E-state index is 0.0874. The maximum Gasteiger partial charge on any atom is 0.132 e. The normalized spacial score (nSPS) is 8.25. The fraction of sp³-hybridized carbons (Fsp3) is 0.125. The summed E-state index contributed by atoms with van der Waals surface area (Å²) < 4.78 is 0. The molecule has 0 unspecified atom stereocenters. The van der Waals surface area contributed by atoms with Crippen LogP contribution in [0.5, 0.6) is 0 Å². The van der Waals surface area contributed by atoms with E-state index >= 15 is 0 Å². The van der Waals surface area contributed by atoms with Crippen molar-refractivity contribution in [2.24, 2.45) is 0 Å². The predicted molar refractivity (Wildman–Crippen MR) is 46.1 cm³/mol. The molecule has 0 fully saturated rings. The summed E-state index contributed by atoms with van der Waals surface area (Å²) in [7, 11) is 0. The number of allylic oxidation sites excluding steroid dienone is 1. The molecule has 0 aliphatic heterocycles. The number of thiazole rings is 1. The molecule has 1 aromatic heterocycles. The lowest BCUT2D eigenvalue weighted by Crippen LogP contribution is -1.74. The van der Waals surface area contributed by atoms with E-state index in [0.29, 0.717) is 5.01 Å². The monoisotopic (exact) mass is 175 g/mol. The first-order valence-electron chi connectivity index (χ1n) is 3.20. The molecule has 0 aromatic carbocycles. The van der Waals surface area contributed by atoms with E-state index in [4.69, 9.17) is 10.5 Å². The van der Waals surface area contributed by atoms with Gasteiger partial charge in [-0.15, -0.1) is 11.3 Å². The van der Waals surface area contributed by atoms with Crippen LogP contribution in [0.25, 0.3) is 6.08 Å². The fourth-order valence-electron chi connectivity index (χ4n) is 0.651. The van der Waals surface area contributed by atoms with Gasteiger partial charge in [-0.25, -0.2) is 4.98 Å². The number of nitriles is 2. The smallest absolute Gasteiger partial charge is 0.132 e. The van der Waals surface area contributed by atoms with Gasteiger partial charge in [-0.05, 0) is 6.92 Å². The molecule has 0 atom stereocenters. The van der Waals surface area contributed by atoms with Crippen molar-refractivity contribution in [3.05, 3.63) is 21.7 Å². The van der Waals surface area contributed by atoms with Crippen LogP contribution in [0.1, 0.15) is 10.7 Å². The number of rotatable bonds is 1. The zero-order valence-corrected chi connectivity index (χ0v) is 7.22. The van der Waals surface area contributed by atoms with Crippen LogP contribution in [0.4, 0.5) is 0 Å². The predicted octanol–water partition coefficient (Wildman–Crippen LogP) is 1.88. The van der Waals surface area contributed by atoms with Crippen molar-refractivity contribution in [1.29, 1.82) is 10.5 Å². The molecule has 58 valence electrons. The lowest BCUT2D eigenvalue weighted by molar-refractivity contribution is 1.25. The van der Waals surface area contributed by atoms with Gasteiger partial charge in [0.05, 0.1) is 0 Å². The molecule has 0 aliphatic carbocycles. The van der Waals surface area contributed by atoms with E-state index in [0.717, 1.165) is 5.69 Å². The Bertz CT molecular complexity index is 373. The van der Waals surface area contributed by atoms with Crippen molar-refractivity contribution in [1.82, 2.24) is 4.98 Å². The van der Waals surface area contributed by atoms with Crippen LogP contribution in [0, 0.1) is 29.6 Å². The Hall–Kier alpha value is -1.65. The summed E-state index contributed by atoms with van der Waals surface area (Å²) >= 11 is 1.42. The second-order valence-electron chi connectivity index (χ2n) is 2.11. The molecule has 0 amide bonds. The van der Waals surface area contributed by atoms with E-state index in [9.17, 15) is 0 Å². The molecule has 0 aliphatic rings. The van der Waals surface area contributed by atoms with Crippen LogP contribution in [-0.4, -0.2) is 4.98 Å². The third kappa shape index (κ3) is 1.91. The van der Waals surface area contributed by atoms with E-state index in [2.05, 4.69) is 4.98 Å². The zero-order chi connectivity index (χ0) is 8.97. The Morgan fingerprint density at radius 3 is 2.67 bits per heavy atom. The van der Waals surface area contributed by atoms with Crippen LogP contribution < -0.4 is 0 Å². The molecule has 0 spiro atoms. The Balaban J connectivity index is 2.97. The molecule has 12 heavy (non-hydrogen) atoms. The number of hydrogen-bond donors (Lipinski definition) is 0. The van der Waals surface area contributed by atoms with E-state index < -0.39 is 0 Å². The summed E-state index contributed by atoms with van der Waals surface area (Å²) in [5.74, 6) is 0. The van der Waals surface area contributed by atoms with Gasteiger partial charge >= 0.3 is 0 Å². The Kier molecular flexibility index (Phi) is 2.57. The largest absolute Gasteiger partial charge is 0.242 e. The fourth-order valence-corrected chi connectivity index (χ4v) is 1.38. The first-order chi connectivity index (χ1) is 5.76. The molecule has 0 bridgehead atoms. The number of aromatic nitrogens is 1. The van der Waals surface area contributed by atoms with Gasteiger partial charge < -0.3 is 0 Å². The lowest BCUT2D eigenvalue weighted by atomic mass is 10.3. The zero-order valence-electron chi connectivity index (χ0n) is 6.40. The minimum Gasteiger partial charge on any atom is -0.242 e. The van der Waals surface area contributed by atoms with Gasteiger partial charge in [0, 0.05) is 17.2 Å². The highest BCUT2D eigenvalue weighted by Crippen LogP contribution is 2.12. The highest BCUT2D eigenvalue weighted by Gasteiger charge is 1.97. The summed E-state index contributed by atoms with van der Waals surface area (Å²) in [5.41, 5.74) is 0.992. The summed E-state index contributed by atoms with van der Waals surface area (Å²) in [4.78, 5) is 4.09. The van der Waals surface area contributed by atoms with Gasteiger partial charge in [0.15, 0.2) is 0 Å². The standard InChI is InChI=1S/C8H5N3S/c1-6-5-12-8(11-6)2-7(3-9)4-10/h2,5H,1H3. The highest BCUT2D eigenvalue weighted by atomic mass is 32.1. The quantitative estimate of drug-likeness (QED) is 0.612. The number of aryl methyl sites for hydroxylation is 1. The second-order valence-corrected chi connectivity index (χ2v) is 3.00. The lowest BCUT2D eigenvalue weighted by Gasteiger charge is -1.80. The molecule has 0 N–H and O–H groups in total. The second kappa shape index (κ2) is 3.66. The first kappa shape index (κ1) is 8.45. The van der Waals surface area contributed by atoms with Gasteiger partial charge in [-0.1, -0.05) is 0 Å². The number of nitrogens with zero attached hydrogens (tertiary/aromatic N) is 3. The van der Waals surface area contributed by atoms with Crippen molar-refractivity contribution in [3.63, 3.8) is 0 Å². The Morgan fingerprint density at radius 1 is 1.58 bits per heavy atom. The third-order valence-corrected chi connectivity index (χ3v) is 2.06. The van der Waals surface area contributed by atoms with Crippen molar-refractivity contribution in [2.45, 2.75) is 6.92 Å². The molecule has 3 nitrogen and oxygen atoms in total. The molecular weight excluding hydrogens is 170 g/mol. The van der Waals surface area contributed by atoms with E-state index in [1.165, 1.54) is 17.4 Å². The minimum atomic E-state index is 0.0874. The maximum atomic E-state index is 8.43. The van der Waals surface area contributed by atoms with Gasteiger partial charge in [-0.3, -0.25) is 0 Å². The average molecular weight is 175 g/mol. The third-order valence-electron chi connectivity index (χ3n) is 1.15. The van der Waals surface area contributed by atoms with Crippen molar-refractivity contribution < 1.29 is 0 Å². The molecule has 1 aromatic rings. The highest BCUT2D eigenvalue weighted by molar-refractivity contribution is 7.10. The van der Waals surface area contributed by atoms with Crippen LogP contribution in [-0.2, 0) is 0 Å². The molecule has 0 saturated heterocycles. The molecule has 4 heteroatoms. The SMILES string of the molecule is Cc1csc(C=C(C#N)C#N)n1. The van der Waals surface area contributed by atoms with Gasteiger partial charge in [0.2, 0.25) is 0 Å². The van der Waals surface area contributed by atoms with Gasteiger partial charge in [0.1, 0.15) is 22.7 Å². The molecule has 1 heterocycles. The molecule has 0 saturated carbocycles. The molecule has 0 radical (unpaired) electrons. The summed E-state index contributed by atoms with van der Waals surface area (Å²) in [5, 5.41) is 19.4. The Labute approximate surface area is 74.2 Å². The topological polar surface area (TPSA) is 60.5 Å². The molecular formula is C8H5N3S. The van der Waals surface area contributed by atoms with Crippen LogP contribution >= 0.6 is 11.3 Å². The summed E-state index contributed by atoms with van der Waals surface area (Å²) in [6.07, 6.45) is 1.48. The first-order valence-corrected chi connectivity index (χ1v) is 4.08. The van der Waals surface area contributed by atoms with Crippen LogP contribution in [0.2, 0.25) is 0 Å². The van der Waals surface area contributed by atoms with Gasteiger partial charge in [0.25, 0.3) is 0 Å². The van der Waals surface area contributed by atoms with Gasteiger partial charge in [-0.2, -0.15) is 10.5 Å². The van der Waals surface area contributed by atoms with E-state index in [-0.39, 0.29) is 5.57 Å². The molecule has 1 rings (SSSR count). The summed E-state index contributed by atoms with van der Waals surface area (Å²) in [6, 6.07) is 3.55. The average Bonchev–Trinajstić information content (AvgIpc) is 2.47. The van der Waals surface area contributed by atoms with Crippen molar-refractivity contribution in [3.8, 4) is 12.1 Å².